The van der Waals surface area contributed by atoms with Crippen molar-refractivity contribution in [1.82, 2.24) is 0 Å². The summed E-state index contributed by atoms with van der Waals surface area (Å²) in [5, 5.41) is 0. The van der Waals surface area contributed by atoms with Gasteiger partial charge >= 0.3 is 0 Å². The van der Waals surface area contributed by atoms with Gasteiger partial charge in [-0.25, -0.2) is 4.39 Å². The number of ketones is 1. The third-order valence-corrected chi connectivity index (χ3v) is 2.84. The third kappa shape index (κ3) is 3.17. The van der Waals surface area contributed by atoms with Crippen LogP contribution in [0.5, 0.6) is 5.75 Å². The highest BCUT2D eigenvalue weighted by molar-refractivity contribution is 9.10. The lowest BCUT2D eigenvalue weighted by Gasteiger charge is -2.06. The molecule has 0 aliphatic heterocycles. The van der Waals surface area contributed by atoms with Crippen molar-refractivity contribution in [2.45, 2.75) is 0 Å². The third-order valence-electron chi connectivity index (χ3n) is 2.35. The number of carbonyl (C=O) groups is 1. The molecule has 0 N–H and O–H groups in total. The van der Waals surface area contributed by atoms with Crippen molar-refractivity contribution >= 4 is 21.7 Å². The molecule has 4 heteroatoms. The fourth-order valence-corrected chi connectivity index (χ4v) is 1.78. The summed E-state index contributed by atoms with van der Waals surface area (Å²) >= 11 is 3.15. The van der Waals surface area contributed by atoms with Crippen LogP contribution in [-0.2, 0) is 0 Å². The van der Waals surface area contributed by atoms with Crippen molar-refractivity contribution in [2.24, 2.45) is 0 Å². The molecule has 0 radical (unpaired) electrons. The number of ether oxygens (including phenoxy) is 1. The molecule has 0 fully saturated rings. The monoisotopic (exact) mass is 308 g/mol. The molecule has 0 aliphatic carbocycles. The van der Waals surface area contributed by atoms with E-state index in [1.807, 2.05) is 6.07 Å². The highest BCUT2D eigenvalue weighted by Crippen LogP contribution is 2.21. The standard InChI is InChI=1S/C14H10BrFO2/c15-11-6-7-14(12(16)8-11)18-9-13(17)10-4-2-1-3-5-10/h1-8H,9H2. The SMILES string of the molecule is O=C(COc1ccc(Br)cc1F)c1ccccc1. The van der Waals surface area contributed by atoms with Crippen molar-refractivity contribution in [3.8, 4) is 5.75 Å². The average Bonchev–Trinajstić information content (AvgIpc) is 2.38. The van der Waals surface area contributed by atoms with Crippen LogP contribution in [0.1, 0.15) is 10.4 Å². The molecule has 0 amide bonds. The molecule has 0 atom stereocenters. The quantitative estimate of drug-likeness (QED) is 0.802. The van der Waals surface area contributed by atoms with Gasteiger partial charge in [0.2, 0.25) is 0 Å². The summed E-state index contributed by atoms with van der Waals surface area (Å²) in [5.74, 6) is -0.606. The van der Waals surface area contributed by atoms with E-state index in [2.05, 4.69) is 15.9 Å². The number of halogens is 2. The minimum Gasteiger partial charge on any atom is -0.482 e. The van der Waals surface area contributed by atoms with E-state index in [1.165, 1.54) is 12.1 Å². The molecule has 2 nitrogen and oxygen atoms in total. The number of rotatable bonds is 4. The van der Waals surface area contributed by atoms with Crippen LogP contribution in [0.3, 0.4) is 0 Å². The Bertz CT molecular complexity index is 555. The highest BCUT2D eigenvalue weighted by atomic mass is 79.9. The summed E-state index contributed by atoms with van der Waals surface area (Å²) in [6, 6.07) is 13.2. The van der Waals surface area contributed by atoms with Crippen LogP contribution in [0.25, 0.3) is 0 Å². The summed E-state index contributed by atoms with van der Waals surface area (Å²) in [5.41, 5.74) is 0.551. The second-order valence-corrected chi connectivity index (χ2v) is 4.57. The molecule has 0 aromatic heterocycles. The van der Waals surface area contributed by atoms with Crippen molar-refractivity contribution in [2.75, 3.05) is 6.61 Å². The van der Waals surface area contributed by atoms with E-state index in [-0.39, 0.29) is 18.1 Å². The fraction of sp³-hybridized carbons (Fsp3) is 0.0714. The molecule has 0 saturated carbocycles. The van der Waals surface area contributed by atoms with Gasteiger partial charge in [0.25, 0.3) is 0 Å². The van der Waals surface area contributed by atoms with E-state index >= 15 is 0 Å². The highest BCUT2D eigenvalue weighted by Gasteiger charge is 2.09. The van der Waals surface area contributed by atoms with Crippen LogP contribution < -0.4 is 4.74 Å². The minimum absolute atomic E-state index is 0.0717. The summed E-state index contributed by atoms with van der Waals surface area (Å²) in [7, 11) is 0. The number of Topliss-reactive ketones (excluding diaryl/α,β-unsaturated/α-hetero) is 1. The molecule has 92 valence electrons. The van der Waals surface area contributed by atoms with E-state index < -0.39 is 5.82 Å². The topological polar surface area (TPSA) is 26.3 Å². The molecule has 0 spiro atoms. The number of carbonyl (C=O) groups excluding carboxylic acids is 1. The molecule has 18 heavy (non-hydrogen) atoms. The predicted octanol–water partition coefficient (Wildman–Crippen LogP) is 3.85. The lowest BCUT2D eigenvalue weighted by molar-refractivity contribution is 0.0919. The Morgan fingerprint density at radius 2 is 1.89 bits per heavy atom. The van der Waals surface area contributed by atoms with E-state index in [4.69, 9.17) is 4.74 Å². The number of hydrogen-bond donors (Lipinski definition) is 0. The molecule has 0 saturated heterocycles. The van der Waals surface area contributed by atoms with Gasteiger partial charge in [0.15, 0.2) is 24.0 Å². The average molecular weight is 309 g/mol. The van der Waals surface area contributed by atoms with Gasteiger partial charge in [0, 0.05) is 10.0 Å². The zero-order valence-electron chi connectivity index (χ0n) is 9.40. The Hall–Kier alpha value is -1.68. The van der Waals surface area contributed by atoms with Crippen LogP contribution in [-0.4, -0.2) is 12.4 Å². The lowest BCUT2D eigenvalue weighted by atomic mass is 10.1. The lowest BCUT2D eigenvalue weighted by Crippen LogP contribution is -2.12. The van der Waals surface area contributed by atoms with Crippen LogP contribution in [0.15, 0.2) is 53.0 Å². The first-order valence-corrected chi connectivity index (χ1v) is 6.12. The fourth-order valence-electron chi connectivity index (χ4n) is 1.44. The Kier molecular flexibility index (Phi) is 4.10. The van der Waals surface area contributed by atoms with Crippen LogP contribution in [0.4, 0.5) is 4.39 Å². The molecule has 2 aromatic rings. The molecule has 2 rings (SSSR count). The largest absolute Gasteiger partial charge is 0.482 e. The Morgan fingerprint density at radius 3 is 2.56 bits per heavy atom. The van der Waals surface area contributed by atoms with Crippen molar-refractivity contribution < 1.29 is 13.9 Å². The van der Waals surface area contributed by atoms with Crippen molar-refractivity contribution in [1.29, 1.82) is 0 Å². The van der Waals surface area contributed by atoms with E-state index in [1.54, 1.807) is 30.3 Å². The van der Waals surface area contributed by atoms with E-state index in [0.29, 0.717) is 10.0 Å². The molecule has 0 bridgehead atoms. The maximum absolute atomic E-state index is 13.4. The maximum atomic E-state index is 13.4. The Morgan fingerprint density at radius 1 is 1.17 bits per heavy atom. The number of benzene rings is 2. The summed E-state index contributed by atoms with van der Waals surface area (Å²) in [6.45, 7) is -0.178. The molecular weight excluding hydrogens is 299 g/mol. The van der Waals surface area contributed by atoms with Gasteiger partial charge in [0.1, 0.15) is 0 Å². The van der Waals surface area contributed by atoms with Crippen LogP contribution >= 0.6 is 15.9 Å². The first-order valence-electron chi connectivity index (χ1n) is 5.33. The van der Waals surface area contributed by atoms with Gasteiger partial charge in [-0.3, -0.25) is 4.79 Å². The van der Waals surface area contributed by atoms with Crippen LogP contribution in [0, 0.1) is 5.82 Å². The summed E-state index contributed by atoms with van der Waals surface area (Å²) in [6.07, 6.45) is 0. The van der Waals surface area contributed by atoms with Crippen molar-refractivity contribution in [3.05, 3.63) is 64.4 Å². The van der Waals surface area contributed by atoms with Gasteiger partial charge in [-0.15, -0.1) is 0 Å². The Labute approximate surface area is 113 Å². The van der Waals surface area contributed by atoms with Gasteiger partial charge in [0.05, 0.1) is 0 Å². The van der Waals surface area contributed by atoms with Gasteiger partial charge in [-0.2, -0.15) is 0 Å². The first kappa shape index (κ1) is 12.8. The summed E-state index contributed by atoms with van der Waals surface area (Å²) < 4.78 is 19.2. The minimum atomic E-state index is -0.495. The van der Waals surface area contributed by atoms with E-state index in [9.17, 15) is 9.18 Å². The zero-order chi connectivity index (χ0) is 13.0. The first-order chi connectivity index (χ1) is 8.66. The number of hydrogen-bond acceptors (Lipinski definition) is 2. The van der Waals surface area contributed by atoms with E-state index in [0.717, 1.165) is 0 Å². The second-order valence-electron chi connectivity index (χ2n) is 3.65. The van der Waals surface area contributed by atoms with Crippen LogP contribution in [0.2, 0.25) is 0 Å². The molecule has 0 unspecified atom stereocenters. The van der Waals surface area contributed by atoms with Gasteiger partial charge < -0.3 is 4.74 Å². The Balaban J connectivity index is 2.02. The second kappa shape index (κ2) is 5.78. The zero-order valence-corrected chi connectivity index (χ0v) is 11.0. The smallest absolute Gasteiger partial charge is 0.200 e. The van der Waals surface area contributed by atoms with Gasteiger partial charge in [-0.05, 0) is 18.2 Å². The van der Waals surface area contributed by atoms with Gasteiger partial charge in [-0.1, -0.05) is 46.3 Å². The molecule has 0 aliphatic rings. The molecular formula is C14H10BrFO2. The van der Waals surface area contributed by atoms with Crippen molar-refractivity contribution in [3.63, 3.8) is 0 Å². The normalized spacial score (nSPS) is 10.1. The summed E-state index contributed by atoms with van der Waals surface area (Å²) in [4.78, 5) is 11.7. The molecule has 0 heterocycles. The predicted molar refractivity (Wildman–Crippen MR) is 70.4 cm³/mol. The molecule has 2 aromatic carbocycles. The maximum Gasteiger partial charge on any atom is 0.200 e.